The molecule has 0 aromatic heterocycles. The Morgan fingerprint density at radius 1 is 0.782 bits per heavy atom. The molecule has 0 amide bonds. The first-order chi connectivity index (χ1) is 26.4. The van der Waals surface area contributed by atoms with E-state index in [-0.39, 0.29) is 83.7 Å². The highest BCUT2D eigenvalue weighted by Crippen LogP contribution is 2.71. The number of ketones is 1. The molecule has 4 aliphatic heterocycles. The molecule has 15 atom stereocenters. The normalized spacial score (nSPS) is 46.7. The molecule has 5 saturated carbocycles. The second-order valence-corrected chi connectivity index (χ2v) is 18.6. The van der Waals surface area contributed by atoms with E-state index in [4.69, 9.17) is 18.9 Å². The number of hydrogen-bond donors (Lipinski definition) is 1. The minimum Gasteiger partial charge on any atom is -0.468 e. The smallest absolute Gasteiger partial charge is 0.323 e. The molecular weight excluding hydrogens is 704 g/mol. The van der Waals surface area contributed by atoms with Crippen LogP contribution >= 0.6 is 0 Å². The van der Waals surface area contributed by atoms with Crippen LogP contribution in [0.5, 0.6) is 0 Å². The SMILES string of the molecule is C=C1CC[C@H]2C(CN3CCCC3C(=O)OC)C(=O)O[C@@H]2[C@H]2[C@H]3CCC[C@]4(C(=O)C[C@H]5C(=C)CC[C@H]6C(CN7CCCC7C(=O)OC)C(=O)O[C@@H]6[C@H]54)[C@@]3(O)C[C@@H]12. The van der Waals surface area contributed by atoms with Gasteiger partial charge in [-0.25, -0.2) is 0 Å². The van der Waals surface area contributed by atoms with Gasteiger partial charge >= 0.3 is 23.9 Å². The molecule has 9 rings (SSSR count). The quantitative estimate of drug-likeness (QED) is 0.239. The number of Topliss-reactive ketones (excluding diaryl/α,β-unsaturated/α-hetero) is 1. The Balaban J connectivity index is 1.04. The Hall–Kier alpha value is -3.09. The van der Waals surface area contributed by atoms with Gasteiger partial charge in [-0.1, -0.05) is 30.7 Å². The van der Waals surface area contributed by atoms with Crippen LogP contribution in [0, 0.1) is 58.7 Å². The van der Waals surface area contributed by atoms with Gasteiger partial charge in [-0.2, -0.15) is 0 Å². The van der Waals surface area contributed by atoms with Crippen LogP contribution in [-0.4, -0.2) is 115 Å². The van der Waals surface area contributed by atoms with Gasteiger partial charge in [0, 0.05) is 43.2 Å². The molecular formula is C43H58N2O10. The van der Waals surface area contributed by atoms with Crippen LogP contribution in [0.1, 0.15) is 83.5 Å². The van der Waals surface area contributed by atoms with E-state index in [0.29, 0.717) is 71.0 Å². The van der Waals surface area contributed by atoms with E-state index in [1.54, 1.807) is 0 Å². The molecule has 4 unspecified atom stereocenters. The summed E-state index contributed by atoms with van der Waals surface area (Å²) in [5, 5.41) is 13.6. The average molecular weight is 763 g/mol. The third-order valence-corrected chi connectivity index (χ3v) is 16.7. The number of ether oxygens (including phenoxy) is 4. The van der Waals surface area contributed by atoms with Crippen LogP contribution in [0.4, 0.5) is 0 Å². The lowest BCUT2D eigenvalue weighted by atomic mass is 9.51. The van der Waals surface area contributed by atoms with Gasteiger partial charge in [-0.3, -0.25) is 33.8 Å². The fraction of sp³-hybridized carbons (Fsp3) is 0.791. The molecule has 9 fully saturated rings. The number of methoxy groups -OCH3 is 2. The van der Waals surface area contributed by atoms with Gasteiger partial charge in [-0.05, 0) is 101 Å². The van der Waals surface area contributed by atoms with E-state index < -0.39 is 41.0 Å². The van der Waals surface area contributed by atoms with E-state index in [9.17, 15) is 29.1 Å². The van der Waals surface area contributed by atoms with Crippen molar-refractivity contribution in [2.75, 3.05) is 40.4 Å². The Kier molecular flexibility index (Phi) is 9.40. The molecule has 4 saturated heterocycles. The Bertz CT molecular complexity index is 1680. The van der Waals surface area contributed by atoms with E-state index in [0.717, 1.165) is 43.4 Å². The maximum absolute atomic E-state index is 14.9. The van der Waals surface area contributed by atoms with Crippen molar-refractivity contribution in [3.05, 3.63) is 24.3 Å². The fourth-order valence-electron chi connectivity index (χ4n) is 14.4. The van der Waals surface area contributed by atoms with Crippen molar-refractivity contribution in [3.63, 3.8) is 0 Å². The molecule has 12 heteroatoms. The zero-order chi connectivity index (χ0) is 38.6. The fourth-order valence-corrected chi connectivity index (χ4v) is 14.4. The third kappa shape index (κ3) is 5.42. The molecule has 1 spiro atoms. The summed E-state index contributed by atoms with van der Waals surface area (Å²) in [6, 6.07) is -0.755. The van der Waals surface area contributed by atoms with E-state index in [1.807, 2.05) is 0 Å². The van der Waals surface area contributed by atoms with Crippen molar-refractivity contribution in [1.82, 2.24) is 9.80 Å². The van der Waals surface area contributed by atoms with Crippen molar-refractivity contribution >= 4 is 29.7 Å². The lowest BCUT2D eigenvalue weighted by Gasteiger charge is -2.55. The molecule has 55 heavy (non-hydrogen) atoms. The second kappa shape index (κ2) is 13.8. The standard InChI is InChI=1S/C43H58N2O10/c1-22-11-14-25-29(21-45-17-7-10-32(45)41(50)53-4)39(48)55-37(25)35-26(22)18-33(46)42(35)15-5-8-30-34-27(19-43(30,42)51)23(2)12-13-24-28(38(47)54-36(24)34)20-44-16-6-9-31(44)40(49)52-3/h24-32,34-37,51H,1-2,5-21H2,3-4H3/t24-,25-,26-,27-,28?,29?,30+,31?,32?,34+,35-,36-,37-,42+,43+/m0/s1. The summed E-state index contributed by atoms with van der Waals surface area (Å²) in [7, 11) is 2.80. The van der Waals surface area contributed by atoms with Gasteiger partial charge in [0.1, 0.15) is 30.1 Å². The first kappa shape index (κ1) is 37.5. The number of carbonyl (C=O) groups excluding carboxylic acids is 5. The topological polar surface area (TPSA) is 149 Å². The molecule has 0 bridgehead atoms. The highest BCUT2D eigenvalue weighted by molar-refractivity contribution is 5.91. The number of aliphatic hydroxyl groups is 1. The summed E-state index contributed by atoms with van der Waals surface area (Å²) >= 11 is 0. The molecule has 12 nitrogen and oxygen atoms in total. The molecule has 9 aliphatic rings. The summed E-state index contributed by atoms with van der Waals surface area (Å²) in [6.07, 6.45) is 7.57. The van der Waals surface area contributed by atoms with Crippen LogP contribution in [0.2, 0.25) is 0 Å². The zero-order valence-electron chi connectivity index (χ0n) is 32.5. The van der Waals surface area contributed by atoms with Gasteiger partial charge in [0.2, 0.25) is 0 Å². The number of esters is 4. The monoisotopic (exact) mass is 762 g/mol. The van der Waals surface area contributed by atoms with Crippen molar-refractivity contribution < 1.29 is 48.0 Å². The van der Waals surface area contributed by atoms with E-state index in [1.165, 1.54) is 14.2 Å². The summed E-state index contributed by atoms with van der Waals surface area (Å²) in [4.78, 5) is 72.2. The average Bonchev–Trinajstić information content (AvgIpc) is 4.01. The van der Waals surface area contributed by atoms with Crippen LogP contribution in [0.15, 0.2) is 24.3 Å². The molecule has 300 valence electrons. The molecule has 0 aromatic rings. The number of likely N-dealkylation sites (tertiary alicyclic amines) is 2. The van der Waals surface area contributed by atoms with Gasteiger partial charge in [0.25, 0.3) is 0 Å². The largest absolute Gasteiger partial charge is 0.468 e. The predicted molar refractivity (Wildman–Crippen MR) is 197 cm³/mol. The van der Waals surface area contributed by atoms with Crippen LogP contribution in [0.25, 0.3) is 0 Å². The van der Waals surface area contributed by atoms with Crippen molar-refractivity contribution in [2.45, 2.75) is 113 Å². The summed E-state index contributed by atoms with van der Waals surface area (Å²) in [6.45, 7) is 11.4. The molecule has 0 radical (unpaired) electrons. The maximum Gasteiger partial charge on any atom is 0.323 e. The number of rotatable bonds is 6. The van der Waals surface area contributed by atoms with E-state index >= 15 is 0 Å². The lowest BCUT2D eigenvalue weighted by molar-refractivity contribution is -0.194. The van der Waals surface area contributed by atoms with Crippen molar-refractivity contribution in [1.29, 1.82) is 0 Å². The number of allylic oxidation sites excluding steroid dienone is 2. The van der Waals surface area contributed by atoms with Gasteiger partial charge in [0.15, 0.2) is 0 Å². The van der Waals surface area contributed by atoms with Gasteiger partial charge < -0.3 is 24.1 Å². The Morgan fingerprint density at radius 2 is 1.33 bits per heavy atom. The number of nitrogens with zero attached hydrogens (tertiary/aromatic N) is 2. The van der Waals surface area contributed by atoms with Gasteiger partial charge in [0.05, 0.1) is 37.1 Å². The van der Waals surface area contributed by atoms with Gasteiger partial charge in [-0.15, -0.1) is 0 Å². The number of carbonyl (C=O) groups is 5. The first-order valence-electron chi connectivity index (χ1n) is 21.1. The molecule has 4 heterocycles. The summed E-state index contributed by atoms with van der Waals surface area (Å²) < 4.78 is 23.1. The molecule has 1 N–H and O–H groups in total. The number of fused-ring (bicyclic) bond motifs is 10. The maximum atomic E-state index is 14.9. The van der Waals surface area contributed by atoms with Crippen molar-refractivity contribution in [2.24, 2.45) is 58.7 Å². The Labute approximate surface area is 323 Å². The summed E-state index contributed by atoms with van der Waals surface area (Å²) in [5.74, 6) is -3.38. The molecule has 0 aromatic carbocycles. The minimum atomic E-state index is -1.40. The van der Waals surface area contributed by atoms with Crippen LogP contribution in [-0.2, 0) is 42.9 Å². The lowest BCUT2D eigenvalue weighted by Crippen LogP contribution is -2.62. The summed E-state index contributed by atoms with van der Waals surface area (Å²) in [5.41, 5.74) is -0.497. The second-order valence-electron chi connectivity index (χ2n) is 18.6. The van der Waals surface area contributed by atoms with Crippen LogP contribution in [0.3, 0.4) is 0 Å². The van der Waals surface area contributed by atoms with Crippen molar-refractivity contribution in [3.8, 4) is 0 Å². The highest BCUT2D eigenvalue weighted by Gasteiger charge is 2.76. The van der Waals surface area contributed by atoms with Crippen LogP contribution < -0.4 is 0 Å². The predicted octanol–water partition coefficient (Wildman–Crippen LogP) is 3.64. The first-order valence-corrected chi connectivity index (χ1v) is 21.1. The highest BCUT2D eigenvalue weighted by atomic mass is 16.6. The number of hydrogen-bond acceptors (Lipinski definition) is 12. The minimum absolute atomic E-state index is 0.0455. The molecule has 5 aliphatic carbocycles. The third-order valence-electron chi connectivity index (χ3n) is 16.7. The van der Waals surface area contributed by atoms with E-state index in [2.05, 4.69) is 23.0 Å². The Morgan fingerprint density at radius 3 is 1.91 bits per heavy atom. The zero-order valence-corrected chi connectivity index (χ0v) is 32.5.